The van der Waals surface area contributed by atoms with Gasteiger partial charge in [0, 0.05) is 38.8 Å². The molecule has 1 fully saturated rings. The van der Waals surface area contributed by atoms with Crippen molar-refractivity contribution in [2.75, 3.05) is 38.1 Å². The molecule has 1 aromatic carbocycles. The van der Waals surface area contributed by atoms with Gasteiger partial charge in [-0.15, -0.1) is 0 Å². The molecule has 2 aromatic rings. The van der Waals surface area contributed by atoms with E-state index in [4.69, 9.17) is 23.2 Å². The monoisotopic (exact) mass is 336 g/mol. The largest absolute Gasteiger partial charge is 0.368 e. The summed E-state index contributed by atoms with van der Waals surface area (Å²) in [6.45, 7) is 4.14. The quantitative estimate of drug-likeness (QED) is 0.806. The Morgan fingerprint density at radius 1 is 1.09 bits per heavy atom. The third kappa shape index (κ3) is 3.69. The fourth-order valence-corrected chi connectivity index (χ4v) is 3.08. The molecule has 6 heteroatoms. The molecule has 4 nitrogen and oxygen atoms in total. The van der Waals surface area contributed by atoms with Gasteiger partial charge in [0.1, 0.15) is 11.0 Å². The zero-order valence-electron chi connectivity index (χ0n) is 12.5. The summed E-state index contributed by atoms with van der Waals surface area (Å²) < 4.78 is 0. The number of halogens is 2. The van der Waals surface area contributed by atoms with E-state index >= 15 is 0 Å². The van der Waals surface area contributed by atoms with Crippen LogP contribution in [0.3, 0.4) is 0 Å². The van der Waals surface area contributed by atoms with Gasteiger partial charge >= 0.3 is 0 Å². The lowest BCUT2D eigenvalue weighted by atomic mass is 10.1. The van der Waals surface area contributed by atoms with Crippen LogP contribution >= 0.6 is 23.2 Å². The van der Waals surface area contributed by atoms with Crippen LogP contribution in [0.4, 0.5) is 5.69 Å². The molecule has 1 saturated heterocycles. The zero-order chi connectivity index (χ0) is 15.5. The summed E-state index contributed by atoms with van der Waals surface area (Å²) in [5.41, 5.74) is 2.19. The Labute approximate surface area is 140 Å². The molecular formula is C16H18Cl2N4. The molecule has 0 aliphatic carbocycles. The molecule has 1 aliphatic heterocycles. The van der Waals surface area contributed by atoms with Gasteiger partial charge in [-0.3, -0.25) is 0 Å². The summed E-state index contributed by atoms with van der Waals surface area (Å²) in [6.07, 6.45) is 2.30. The lowest BCUT2D eigenvalue weighted by molar-refractivity contribution is 0.313. The van der Waals surface area contributed by atoms with Crippen molar-refractivity contribution in [3.63, 3.8) is 0 Å². The van der Waals surface area contributed by atoms with E-state index in [1.807, 2.05) is 6.07 Å². The van der Waals surface area contributed by atoms with Gasteiger partial charge in [0.15, 0.2) is 0 Å². The summed E-state index contributed by atoms with van der Waals surface area (Å²) >= 11 is 12.4. The van der Waals surface area contributed by atoms with Crippen LogP contribution in [0.25, 0.3) is 0 Å². The van der Waals surface area contributed by atoms with Gasteiger partial charge in [0.05, 0.1) is 10.7 Å². The van der Waals surface area contributed by atoms with Crippen molar-refractivity contribution in [1.82, 2.24) is 14.9 Å². The van der Waals surface area contributed by atoms with E-state index in [2.05, 4.69) is 38.9 Å². The number of hydrogen-bond donors (Lipinski definition) is 0. The van der Waals surface area contributed by atoms with Crippen molar-refractivity contribution >= 4 is 28.9 Å². The predicted molar refractivity (Wildman–Crippen MR) is 91.0 cm³/mol. The second kappa shape index (κ2) is 6.82. The minimum Gasteiger partial charge on any atom is -0.368 e. The molecule has 116 valence electrons. The number of likely N-dealkylation sites (N-methyl/N-ethyl adjacent to an activating group) is 1. The summed E-state index contributed by atoms with van der Waals surface area (Å²) in [7, 11) is 2.15. The van der Waals surface area contributed by atoms with Crippen LogP contribution < -0.4 is 4.90 Å². The van der Waals surface area contributed by atoms with Crippen molar-refractivity contribution in [2.45, 2.75) is 6.42 Å². The minimum absolute atomic E-state index is 0.463. The molecule has 0 saturated carbocycles. The van der Waals surface area contributed by atoms with Crippen molar-refractivity contribution in [3.8, 4) is 0 Å². The number of hydrogen-bond acceptors (Lipinski definition) is 4. The van der Waals surface area contributed by atoms with Crippen LogP contribution in [0, 0.1) is 0 Å². The third-order valence-electron chi connectivity index (χ3n) is 3.89. The first-order valence-corrected chi connectivity index (χ1v) is 8.07. The molecule has 0 amide bonds. The van der Waals surface area contributed by atoms with Crippen molar-refractivity contribution in [2.24, 2.45) is 0 Å². The van der Waals surface area contributed by atoms with E-state index in [1.165, 1.54) is 0 Å². The lowest BCUT2D eigenvalue weighted by Crippen LogP contribution is -2.44. The molecule has 0 unspecified atom stereocenters. The Morgan fingerprint density at radius 2 is 1.86 bits per heavy atom. The molecule has 0 atom stereocenters. The van der Waals surface area contributed by atoms with Gasteiger partial charge < -0.3 is 9.80 Å². The summed E-state index contributed by atoms with van der Waals surface area (Å²) in [5, 5.41) is 1.24. The van der Waals surface area contributed by atoms with Gasteiger partial charge in [-0.2, -0.15) is 0 Å². The Balaban J connectivity index is 1.74. The van der Waals surface area contributed by atoms with Crippen molar-refractivity contribution in [3.05, 3.63) is 52.0 Å². The zero-order valence-corrected chi connectivity index (χ0v) is 14.0. The predicted octanol–water partition coefficient (Wildman–Crippen LogP) is 3.13. The maximum absolute atomic E-state index is 6.47. The first kappa shape index (κ1) is 15.5. The second-order valence-corrected chi connectivity index (χ2v) is 6.34. The Morgan fingerprint density at radius 3 is 2.55 bits per heavy atom. The van der Waals surface area contributed by atoms with Crippen molar-refractivity contribution in [1.29, 1.82) is 0 Å². The van der Waals surface area contributed by atoms with E-state index in [9.17, 15) is 0 Å². The van der Waals surface area contributed by atoms with Crippen LogP contribution in [0.15, 0.2) is 30.5 Å². The minimum atomic E-state index is 0.463. The second-order valence-electron chi connectivity index (χ2n) is 5.55. The molecule has 0 spiro atoms. The van der Waals surface area contributed by atoms with Gasteiger partial charge in [-0.1, -0.05) is 29.3 Å². The number of piperazine rings is 1. The molecule has 22 heavy (non-hydrogen) atoms. The fourth-order valence-electron chi connectivity index (χ4n) is 2.61. The van der Waals surface area contributed by atoms with E-state index in [-0.39, 0.29) is 0 Å². The van der Waals surface area contributed by atoms with Crippen LogP contribution in [0.5, 0.6) is 0 Å². The molecule has 0 N–H and O–H groups in total. The smallest absolute Gasteiger partial charge is 0.134 e. The number of nitrogens with zero attached hydrogens (tertiary/aromatic N) is 4. The average molecular weight is 337 g/mol. The SMILES string of the molecule is CN1CCN(c2ccc(Cc3nccc(Cl)n3)cc2Cl)CC1. The molecular weight excluding hydrogens is 319 g/mol. The topological polar surface area (TPSA) is 32.3 Å². The summed E-state index contributed by atoms with van der Waals surface area (Å²) in [5.74, 6) is 0.705. The fraction of sp³-hybridized carbons (Fsp3) is 0.375. The number of anilines is 1. The first-order chi connectivity index (χ1) is 10.6. The van der Waals surface area contributed by atoms with Crippen LogP contribution in [-0.4, -0.2) is 48.1 Å². The third-order valence-corrected chi connectivity index (χ3v) is 4.40. The van der Waals surface area contributed by atoms with Crippen LogP contribution in [-0.2, 0) is 6.42 Å². The lowest BCUT2D eigenvalue weighted by Gasteiger charge is -2.34. The molecule has 0 radical (unpaired) electrons. The highest BCUT2D eigenvalue weighted by molar-refractivity contribution is 6.33. The molecule has 3 rings (SSSR count). The summed E-state index contributed by atoms with van der Waals surface area (Å²) in [4.78, 5) is 13.1. The molecule has 1 aliphatic rings. The molecule has 2 heterocycles. The van der Waals surface area contributed by atoms with Gasteiger partial charge in [0.2, 0.25) is 0 Å². The highest BCUT2D eigenvalue weighted by Gasteiger charge is 2.16. The van der Waals surface area contributed by atoms with Crippen LogP contribution in [0.2, 0.25) is 10.2 Å². The van der Waals surface area contributed by atoms with Gasteiger partial charge in [0.25, 0.3) is 0 Å². The average Bonchev–Trinajstić information content (AvgIpc) is 2.49. The Hall–Kier alpha value is -1.36. The normalized spacial score (nSPS) is 16.0. The molecule has 0 bridgehead atoms. The maximum atomic E-state index is 6.47. The van der Waals surface area contributed by atoms with Gasteiger partial charge in [-0.25, -0.2) is 9.97 Å². The highest BCUT2D eigenvalue weighted by atomic mass is 35.5. The number of aromatic nitrogens is 2. The molecule has 1 aromatic heterocycles. The standard InChI is InChI=1S/C16H18Cl2N4/c1-21-6-8-22(9-7-21)14-3-2-12(10-13(14)17)11-16-19-5-4-15(18)20-16/h2-5,10H,6-9,11H2,1H3. The highest BCUT2D eigenvalue weighted by Crippen LogP contribution is 2.28. The summed E-state index contributed by atoms with van der Waals surface area (Å²) in [6, 6.07) is 7.85. The maximum Gasteiger partial charge on any atom is 0.134 e. The van der Waals surface area contributed by atoms with Crippen molar-refractivity contribution < 1.29 is 0 Å². The number of rotatable bonds is 3. The van der Waals surface area contributed by atoms with E-state index in [0.717, 1.165) is 42.5 Å². The van der Waals surface area contributed by atoms with E-state index in [1.54, 1.807) is 12.3 Å². The van der Waals surface area contributed by atoms with E-state index < -0.39 is 0 Å². The van der Waals surface area contributed by atoms with Gasteiger partial charge in [-0.05, 0) is 30.8 Å². The van der Waals surface area contributed by atoms with E-state index in [0.29, 0.717) is 17.4 Å². The first-order valence-electron chi connectivity index (χ1n) is 7.31. The Bertz CT molecular complexity index is 654. The Kier molecular flexibility index (Phi) is 4.81. The number of benzene rings is 1. The van der Waals surface area contributed by atoms with Crippen LogP contribution in [0.1, 0.15) is 11.4 Å².